The zero-order chi connectivity index (χ0) is 20.6. The summed E-state index contributed by atoms with van der Waals surface area (Å²) in [7, 11) is 1.87. The molecule has 8 heteroatoms. The molecule has 0 radical (unpaired) electrons. The highest BCUT2D eigenvalue weighted by molar-refractivity contribution is 7.99. The molecule has 0 aliphatic heterocycles. The molecule has 0 aliphatic carbocycles. The van der Waals surface area contributed by atoms with E-state index in [0.29, 0.717) is 10.2 Å². The van der Waals surface area contributed by atoms with Crippen LogP contribution < -0.4 is 5.43 Å². The average Bonchev–Trinajstić information content (AvgIpc) is 3.11. The van der Waals surface area contributed by atoms with Crippen molar-refractivity contribution in [3.05, 3.63) is 65.2 Å². The van der Waals surface area contributed by atoms with E-state index in [2.05, 4.69) is 27.6 Å². The monoisotopic (exact) mass is 427 g/mol. The van der Waals surface area contributed by atoms with E-state index in [1.807, 2.05) is 66.2 Å². The molecule has 1 heterocycles. The molecular formula is C21H22ClN5OS. The van der Waals surface area contributed by atoms with Gasteiger partial charge in [-0.3, -0.25) is 4.79 Å². The third-order valence-electron chi connectivity index (χ3n) is 4.18. The van der Waals surface area contributed by atoms with Crippen LogP contribution in [-0.2, 0) is 11.8 Å². The molecule has 1 N–H and O–H groups in total. The van der Waals surface area contributed by atoms with E-state index < -0.39 is 0 Å². The fourth-order valence-electron chi connectivity index (χ4n) is 2.72. The fraction of sp³-hybridized carbons (Fsp3) is 0.238. The van der Waals surface area contributed by atoms with Gasteiger partial charge in [-0.2, -0.15) is 5.10 Å². The number of benzene rings is 2. The quantitative estimate of drug-likeness (QED) is 0.325. The van der Waals surface area contributed by atoms with Gasteiger partial charge in [-0.25, -0.2) is 5.43 Å². The first-order valence-corrected chi connectivity index (χ1v) is 10.6. The van der Waals surface area contributed by atoms with Gasteiger partial charge in [-0.1, -0.05) is 67.0 Å². The molecule has 6 nitrogen and oxygen atoms in total. The summed E-state index contributed by atoms with van der Waals surface area (Å²) in [6.07, 6.45) is 1.75. The lowest BCUT2D eigenvalue weighted by atomic mass is 10.1. The van der Waals surface area contributed by atoms with Crippen LogP contribution >= 0.6 is 23.4 Å². The van der Waals surface area contributed by atoms with Gasteiger partial charge in [0.05, 0.1) is 11.5 Å². The predicted molar refractivity (Wildman–Crippen MR) is 118 cm³/mol. The molecule has 0 saturated heterocycles. The number of hydrogen-bond acceptors (Lipinski definition) is 5. The van der Waals surface area contributed by atoms with E-state index in [4.69, 9.17) is 11.6 Å². The Hall–Kier alpha value is -2.64. The van der Waals surface area contributed by atoms with Gasteiger partial charge in [0.2, 0.25) is 0 Å². The zero-order valence-corrected chi connectivity index (χ0v) is 17.9. The summed E-state index contributed by atoms with van der Waals surface area (Å²) in [5.74, 6) is 0.733. The van der Waals surface area contributed by atoms with Crippen LogP contribution in [0.2, 0.25) is 5.02 Å². The Kier molecular flexibility index (Phi) is 7.43. The molecule has 2 aromatic carbocycles. The lowest BCUT2D eigenvalue weighted by Crippen LogP contribution is -2.22. The Morgan fingerprint density at radius 3 is 2.55 bits per heavy atom. The van der Waals surface area contributed by atoms with Crippen molar-refractivity contribution in [1.82, 2.24) is 20.2 Å². The number of hydrazone groups is 1. The molecule has 1 amide bonds. The summed E-state index contributed by atoms with van der Waals surface area (Å²) in [5, 5.41) is 14.1. The Morgan fingerprint density at radius 1 is 1.14 bits per heavy atom. The normalized spacial score (nSPS) is 11.5. The first kappa shape index (κ1) is 21.1. The van der Waals surface area contributed by atoms with Crippen molar-refractivity contribution in [2.75, 3.05) is 5.75 Å². The minimum Gasteiger partial charge on any atom is -0.305 e. The minimum absolute atomic E-state index is 0.185. The number of halogens is 1. The number of carbonyl (C=O) groups excluding carboxylic acids is 1. The maximum Gasteiger partial charge on any atom is 0.250 e. The minimum atomic E-state index is -0.185. The highest BCUT2D eigenvalue weighted by Gasteiger charge is 2.13. The zero-order valence-electron chi connectivity index (χ0n) is 16.3. The van der Waals surface area contributed by atoms with Crippen LogP contribution in [0.15, 0.2) is 64.9 Å². The average molecular weight is 428 g/mol. The molecular weight excluding hydrogens is 406 g/mol. The number of rotatable bonds is 8. The van der Waals surface area contributed by atoms with Crippen LogP contribution in [0, 0.1) is 0 Å². The van der Waals surface area contributed by atoms with E-state index in [9.17, 15) is 4.79 Å². The standard InChI is InChI=1S/C21H22ClN5OS/c1-3-7-18(15-8-5-4-6-9-15)23-24-19(28)14-29-21-26-25-20(27(21)2)16-10-12-17(22)13-11-16/h4-6,8-13H,3,7,14H2,1-2H3,(H,24,28)/b23-18+. The Labute approximate surface area is 179 Å². The lowest BCUT2D eigenvalue weighted by molar-refractivity contribution is -0.118. The van der Waals surface area contributed by atoms with Crippen LogP contribution in [-0.4, -0.2) is 32.1 Å². The van der Waals surface area contributed by atoms with Crippen LogP contribution in [0.25, 0.3) is 11.4 Å². The second-order valence-corrected chi connectivity index (χ2v) is 7.75. The van der Waals surface area contributed by atoms with Crippen molar-refractivity contribution < 1.29 is 4.79 Å². The number of carbonyl (C=O) groups is 1. The van der Waals surface area contributed by atoms with Gasteiger partial charge in [-0.15, -0.1) is 10.2 Å². The number of hydrogen-bond donors (Lipinski definition) is 1. The highest BCUT2D eigenvalue weighted by atomic mass is 35.5. The smallest absolute Gasteiger partial charge is 0.250 e. The van der Waals surface area contributed by atoms with Gasteiger partial charge in [0.15, 0.2) is 11.0 Å². The number of amides is 1. The first-order chi connectivity index (χ1) is 14.1. The van der Waals surface area contributed by atoms with Gasteiger partial charge < -0.3 is 4.57 Å². The van der Waals surface area contributed by atoms with Crippen LogP contribution in [0.5, 0.6) is 0 Å². The Balaban J connectivity index is 1.61. The molecule has 0 spiro atoms. The Morgan fingerprint density at radius 2 is 1.86 bits per heavy atom. The molecule has 0 aliphatic rings. The molecule has 0 fully saturated rings. The summed E-state index contributed by atoms with van der Waals surface area (Å²) in [4.78, 5) is 12.3. The fourth-order valence-corrected chi connectivity index (χ4v) is 3.54. The van der Waals surface area contributed by atoms with E-state index in [1.54, 1.807) is 0 Å². The molecule has 0 atom stereocenters. The molecule has 150 valence electrons. The lowest BCUT2D eigenvalue weighted by Gasteiger charge is -2.07. The van der Waals surface area contributed by atoms with E-state index in [-0.39, 0.29) is 11.7 Å². The van der Waals surface area contributed by atoms with Gasteiger partial charge in [0, 0.05) is 17.6 Å². The van der Waals surface area contributed by atoms with Crippen LogP contribution in [0.1, 0.15) is 25.3 Å². The molecule has 0 unspecified atom stereocenters. The van der Waals surface area contributed by atoms with Crippen LogP contribution in [0.4, 0.5) is 0 Å². The number of thioether (sulfide) groups is 1. The van der Waals surface area contributed by atoms with Crippen molar-refractivity contribution in [3.63, 3.8) is 0 Å². The predicted octanol–water partition coefficient (Wildman–Crippen LogP) is 4.55. The van der Waals surface area contributed by atoms with E-state index >= 15 is 0 Å². The second kappa shape index (κ2) is 10.2. The highest BCUT2D eigenvalue weighted by Crippen LogP contribution is 2.23. The topological polar surface area (TPSA) is 72.2 Å². The number of nitrogens with one attached hydrogen (secondary N) is 1. The maximum absolute atomic E-state index is 12.3. The van der Waals surface area contributed by atoms with Gasteiger partial charge in [0.25, 0.3) is 5.91 Å². The molecule has 29 heavy (non-hydrogen) atoms. The maximum atomic E-state index is 12.3. The summed E-state index contributed by atoms with van der Waals surface area (Å²) in [5.41, 5.74) is 5.46. The van der Waals surface area contributed by atoms with Crippen molar-refractivity contribution in [1.29, 1.82) is 0 Å². The third kappa shape index (κ3) is 5.68. The largest absolute Gasteiger partial charge is 0.305 e. The Bertz CT molecular complexity index is 986. The molecule has 0 saturated carbocycles. The SMILES string of the molecule is CCC/C(=N\NC(=O)CSc1nnc(-c2ccc(Cl)cc2)n1C)c1ccccc1. The van der Waals surface area contributed by atoms with Crippen LogP contribution in [0.3, 0.4) is 0 Å². The first-order valence-electron chi connectivity index (χ1n) is 9.27. The molecule has 1 aromatic heterocycles. The van der Waals surface area contributed by atoms with Gasteiger partial charge in [-0.05, 0) is 36.2 Å². The second-order valence-electron chi connectivity index (χ2n) is 6.37. The molecule has 3 rings (SSSR count). The van der Waals surface area contributed by atoms with Crippen molar-refractivity contribution in [2.45, 2.75) is 24.9 Å². The third-order valence-corrected chi connectivity index (χ3v) is 5.45. The number of nitrogens with zero attached hydrogens (tertiary/aromatic N) is 4. The summed E-state index contributed by atoms with van der Waals surface area (Å²) in [6.45, 7) is 2.09. The van der Waals surface area contributed by atoms with Crippen molar-refractivity contribution in [2.24, 2.45) is 12.1 Å². The van der Waals surface area contributed by atoms with Gasteiger partial charge >= 0.3 is 0 Å². The van der Waals surface area contributed by atoms with Gasteiger partial charge in [0.1, 0.15) is 0 Å². The van der Waals surface area contributed by atoms with E-state index in [1.165, 1.54) is 11.8 Å². The summed E-state index contributed by atoms with van der Waals surface area (Å²) < 4.78 is 1.86. The van der Waals surface area contributed by atoms with Crippen molar-refractivity contribution >= 4 is 35.0 Å². The molecule has 0 bridgehead atoms. The number of aromatic nitrogens is 3. The molecule has 3 aromatic rings. The summed E-state index contributed by atoms with van der Waals surface area (Å²) >= 11 is 7.25. The van der Waals surface area contributed by atoms with E-state index in [0.717, 1.165) is 35.5 Å². The summed E-state index contributed by atoms with van der Waals surface area (Å²) in [6, 6.07) is 17.3. The van der Waals surface area contributed by atoms with Crippen molar-refractivity contribution in [3.8, 4) is 11.4 Å².